The highest BCUT2D eigenvalue weighted by atomic mass is 16.8. The van der Waals surface area contributed by atoms with Crippen molar-refractivity contribution >= 4 is 11.9 Å². The van der Waals surface area contributed by atoms with E-state index in [1.165, 1.54) is 0 Å². The van der Waals surface area contributed by atoms with E-state index in [0.717, 1.165) is 6.92 Å². The van der Waals surface area contributed by atoms with Gasteiger partial charge < -0.3 is 154 Å². The number of aliphatic carboxylic acids is 1. The Hall–Kier alpha value is -2.22. The molecule has 0 aliphatic carbocycles. The van der Waals surface area contributed by atoms with Crippen LogP contribution in [0.5, 0.6) is 0 Å². The number of carbonyl (C=O) groups is 2. The summed E-state index contributed by atoms with van der Waals surface area (Å²) in [6.07, 6.45) is -57.9. The Morgan fingerprint density at radius 2 is 0.775 bits per heavy atom. The number of aliphatic hydroxyl groups excluding tert-OH is 18. The summed E-state index contributed by atoms with van der Waals surface area (Å²) in [5, 5.41) is 202. The molecule has 20 N–H and O–H groups in total. The number of carbonyl (C=O) groups excluding carboxylic acids is 1. The summed E-state index contributed by atoms with van der Waals surface area (Å²) >= 11 is 0. The highest BCUT2D eigenvalue weighted by Gasteiger charge is 2.58. The molecule has 0 aromatic heterocycles. The van der Waals surface area contributed by atoms with Gasteiger partial charge in [0.2, 0.25) is 5.91 Å². The minimum atomic E-state index is -2.41. The fourth-order valence-corrected chi connectivity index (χ4v) is 8.76. The first-order chi connectivity index (χ1) is 33.5. The minimum Gasteiger partial charge on any atom is -0.479 e. The number of nitrogens with one attached hydrogen (secondary N) is 1. The third-order valence-corrected chi connectivity index (χ3v) is 12.8. The molecule has 33 heteroatoms. The molecule has 0 aromatic rings. The molecular weight excluding hydrogens is 982 g/mol. The normalized spacial score (nSPS) is 50.9. The van der Waals surface area contributed by atoms with Gasteiger partial charge in [-0.05, 0) is 0 Å². The van der Waals surface area contributed by atoms with Gasteiger partial charge in [0.25, 0.3) is 0 Å². The molecule has 6 aliphatic heterocycles. The molecule has 33 nitrogen and oxygen atoms in total. The lowest BCUT2D eigenvalue weighted by atomic mass is 9.94. The zero-order chi connectivity index (χ0) is 52.5. The van der Waals surface area contributed by atoms with Gasteiger partial charge in [0, 0.05) is 6.92 Å². The smallest absolute Gasteiger partial charge is 0.335 e. The number of hydrogen-bond acceptors (Lipinski definition) is 31. The van der Waals surface area contributed by atoms with Crippen molar-refractivity contribution in [3.63, 3.8) is 0 Å². The van der Waals surface area contributed by atoms with Crippen LogP contribution in [-0.4, -0.2) is 326 Å². The lowest BCUT2D eigenvalue weighted by molar-refractivity contribution is -0.385. The van der Waals surface area contributed by atoms with Crippen molar-refractivity contribution < 1.29 is 159 Å². The quantitative estimate of drug-likeness (QED) is 0.0643. The topological polar surface area (TPSA) is 532 Å². The number of amides is 1. The van der Waals surface area contributed by atoms with Crippen molar-refractivity contribution in [2.24, 2.45) is 0 Å². The van der Waals surface area contributed by atoms with E-state index in [1.807, 2.05) is 0 Å². The van der Waals surface area contributed by atoms with E-state index in [2.05, 4.69) is 5.32 Å². The van der Waals surface area contributed by atoms with Crippen LogP contribution in [0.3, 0.4) is 0 Å². The Morgan fingerprint density at radius 1 is 0.408 bits per heavy atom. The van der Waals surface area contributed by atoms with Gasteiger partial charge in [-0.1, -0.05) is 0 Å². The molecule has 0 aromatic carbocycles. The Kier molecular flexibility index (Phi) is 20.1. The second-order valence-corrected chi connectivity index (χ2v) is 17.6. The molecule has 0 bridgehead atoms. The first-order valence-corrected chi connectivity index (χ1v) is 22.1. The molecule has 6 fully saturated rings. The highest BCUT2D eigenvalue weighted by Crippen LogP contribution is 2.36. The van der Waals surface area contributed by atoms with Crippen molar-refractivity contribution in [1.29, 1.82) is 0 Å². The minimum absolute atomic E-state index is 0.834. The van der Waals surface area contributed by atoms with Gasteiger partial charge in [-0.25, -0.2) is 4.79 Å². The molecule has 1 amide bonds. The number of rotatable bonds is 17. The van der Waals surface area contributed by atoms with E-state index in [4.69, 9.17) is 52.1 Å². The summed E-state index contributed by atoms with van der Waals surface area (Å²) < 4.78 is 61.0. The summed E-state index contributed by atoms with van der Waals surface area (Å²) in [6, 6.07) is -1.75. The van der Waals surface area contributed by atoms with Crippen LogP contribution in [-0.2, 0) is 61.7 Å². The number of carboxylic acid groups (broad SMARTS) is 1. The molecule has 71 heavy (non-hydrogen) atoms. The zero-order valence-electron chi connectivity index (χ0n) is 37.2. The predicted molar refractivity (Wildman–Crippen MR) is 211 cm³/mol. The monoisotopic (exact) mass is 1050 g/mol. The molecule has 0 saturated carbocycles. The van der Waals surface area contributed by atoms with Crippen molar-refractivity contribution in [3.05, 3.63) is 0 Å². The van der Waals surface area contributed by atoms with Crippen LogP contribution in [0.1, 0.15) is 6.92 Å². The largest absolute Gasteiger partial charge is 0.479 e. The van der Waals surface area contributed by atoms with E-state index in [1.54, 1.807) is 0 Å². The van der Waals surface area contributed by atoms with Gasteiger partial charge in [0.1, 0.15) is 140 Å². The molecular formula is C38H63NO32. The zero-order valence-corrected chi connectivity index (χ0v) is 37.2. The number of carboxylic acids is 1. The molecule has 412 valence electrons. The first kappa shape index (κ1) is 58.0. The van der Waals surface area contributed by atoms with Gasteiger partial charge in [0.05, 0.1) is 33.0 Å². The van der Waals surface area contributed by atoms with Crippen LogP contribution in [0.25, 0.3) is 0 Å². The molecule has 0 radical (unpaired) electrons. The highest BCUT2D eigenvalue weighted by molar-refractivity contribution is 5.73. The Morgan fingerprint density at radius 3 is 1.24 bits per heavy atom. The second-order valence-electron chi connectivity index (χ2n) is 17.6. The molecule has 6 rings (SSSR count). The van der Waals surface area contributed by atoms with Crippen molar-refractivity contribution in [2.45, 2.75) is 191 Å². The van der Waals surface area contributed by atoms with Gasteiger partial charge in [-0.2, -0.15) is 0 Å². The van der Waals surface area contributed by atoms with Crippen LogP contribution < -0.4 is 5.32 Å². The molecule has 6 saturated heterocycles. The summed E-state index contributed by atoms with van der Waals surface area (Å²) in [5.74, 6) is -2.77. The van der Waals surface area contributed by atoms with E-state index < -0.39 is 229 Å². The van der Waals surface area contributed by atoms with Gasteiger partial charge in [-0.15, -0.1) is 0 Å². The van der Waals surface area contributed by atoms with Crippen molar-refractivity contribution in [2.75, 3.05) is 33.0 Å². The van der Waals surface area contributed by atoms with Gasteiger partial charge in [-0.3, -0.25) is 4.79 Å². The fraction of sp³-hybridized carbons (Fsp3) is 0.947. The van der Waals surface area contributed by atoms with Gasteiger partial charge in [0.15, 0.2) is 43.8 Å². The van der Waals surface area contributed by atoms with Crippen LogP contribution in [0.2, 0.25) is 0 Å². The fourth-order valence-electron chi connectivity index (χ4n) is 8.76. The maximum absolute atomic E-state index is 12.7. The van der Waals surface area contributed by atoms with Crippen LogP contribution in [0.15, 0.2) is 0 Å². The van der Waals surface area contributed by atoms with Crippen molar-refractivity contribution in [3.8, 4) is 0 Å². The third-order valence-electron chi connectivity index (χ3n) is 12.8. The van der Waals surface area contributed by atoms with Gasteiger partial charge >= 0.3 is 5.97 Å². The van der Waals surface area contributed by atoms with E-state index in [9.17, 15) is 107 Å². The van der Waals surface area contributed by atoms with E-state index in [-0.39, 0.29) is 0 Å². The lowest BCUT2D eigenvalue weighted by Gasteiger charge is -2.49. The molecule has 6 aliphatic rings. The SMILES string of the molecule is CC(=O)N[C@H]1C(O)O[C@H](CO[C@H]2O[C@H](CO)[C@@H](O)[C@H](O)[C@H]2O[C@H]2O[C@H](CO)[C@@H](O)[C@H](O)[C@H]2O)[C@H](O[C@@H]2O[C@H](C(=O)O)[C@@H](O[C@@H]3O[C@H](CO)[C@@H](O[C@H]4O[C@H](CO)[C@@H](O)[C@H](O)[C@H]4O)[C@H](O)[C@H]3O)[C@H](O)[C@H]2O)[C@@H]1O. The first-order valence-electron chi connectivity index (χ1n) is 22.1. The standard InChI is InChI=1S/C38H63NO32/c1-7(44)39-13-17(48)28(12(62-33(13)60)6-61-38-30(20(51)16(47)10(4-42)65-38)70-35-24(55)19(50)15(46)9(3-41)64-35)68-37-26(57)22(53)29(31(71-37)32(58)59)69-36-25(56)21(52)27(11(5-43)66-36)67-34-23(54)18(49)14(45)8(2-40)63-34/h8-31,33-38,40-43,45-57,60H,2-6H2,1H3,(H,39,44)(H,58,59)/t8-,9-,10-,11-,12-,13-,14-,15-,16-,17-,18+,19+,20+,21-,22-,23-,24-,25-,26-,27-,28+,29+,30-,31+,33?,34-,35-,36+,37-,38+/m1/s1. The molecule has 6 heterocycles. The predicted octanol–water partition coefficient (Wildman–Crippen LogP) is -13.9. The Bertz CT molecular complexity index is 1700. The number of ether oxygens (including phenoxy) is 11. The van der Waals surface area contributed by atoms with Crippen LogP contribution in [0.4, 0.5) is 0 Å². The summed E-state index contributed by atoms with van der Waals surface area (Å²) in [5.41, 5.74) is 0. The summed E-state index contributed by atoms with van der Waals surface area (Å²) in [6.45, 7) is -3.74. The molecule has 1 unspecified atom stereocenters. The number of aliphatic hydroxyl groups is 18. The van der Waals surface area contributed by atoms with E-state index >= 15 is 0 Å². The number of hydrogen-bond donors (Lipinski definition) is 20. The molecule has 30 atom stereocenters. The maximum Gasteiger partial charge on any atom is 0.335 e. The maximum atomic E-state index is 12.7. The Balaban J connectivity index is 1.19. The van der Waals surface area contributed by atoms with Crippen molar-refractivity contribution in [1.82, 2.24) is 5.32 Å². The van der Waals surface area contributed by atoms with E-state index in [0.29, 0.717) is 0 Å². The summed E-state index contributed by atoms with van der Waals surface area (Å²) in [7, 11) is 0. The second kappa shape index (κ2) is 24.6. The van der Waals surface area contributed by atoms with Crippen LogP contribution >= 0.6 is 0 Å². The lowest BCUT2D eigenvalue weighted by Crippen LogP contribution is -2.69. The average molecular weight is 1050 g/mol. The molecule has 0 spiro atoms. The summed E-state index contributed by atoms with van der Waals surface area (Å²) in [4.78, 5) is 24.8. The Labute approximate surface area is 399 Å². The third kappa shape index (κ3) is 12.2. The van der Waals surface area contributed by atoms with Crippen LogP contribution in [0, 0.1) is 0 Å². The average Bonchev–Trinajstić information content (AvgIpc) is 3.33.